The van der Waals surface area contributed by atoms with Gasteiger partial charge in [-0.1, -0.05) is 24.3 Å². The molecular formula is C21H18FN5. The van der Waals surface area contributed by atoms with Gasteiger partial charge in [0.25, 0.3) is 0 Å². The molecule has 27 heavy (non-hydrogen) atoms. The summed E-state index contributed by atoms with van der Waals surface area (Å²) < 4.78 is 15.9. The largest absolute Gasteiger partial charge is 0.396 e. The number of fused-ring (bicyclic) bond motifs is 4. The molecule has 1 aliphatic rings. The van der Waals surface area contributed by atoms with Gasteiger partial charge in [-0.25, -0.2) is 19.3 Å². The molecule has 2 N–H and O–H groups in total. The Morgan fingerprint density at radius 2 is 1.96 bits per heavy atom. The van der Waals surface area contributed by atoms with Crippen LogP contribution in [0.25, 0.3) is 22.3 Å². The SMILES string of the molecule is Cc1nc(CCc2cn3c(n2)-c2ccccc2C3)nc2cc(N)c(F)cc12. The molecule has 5 rings (SSSR count). The fourth-order valence-electron chi connectivity index (χ4n) is 3.72. The second kappa shape index (κ2) is 5.87. The summed E-state index contributed by atoms with van der Waals surface area (Å²) in [6.45, 7) is 2.74. The average molecular weight is 359 g/mol. The van der Waals surface area contributed by atoms with Crippen LogP contribution in [0.15, 0.2) is 42.6 Å². The third-order valence-electron chi connectivity index (χ3n) is 5.08. The highest BCUT2D eigenvalue weighted by atomic mass is 19.1. The number of rotatable bonds is 3. The van der Waals surface area contributed by atoms with Gasteiger partial charge in [0.1, 0.15) is 17.5 Å². The van der Waals surface area contributed by atoms with E-state index in [-0.39, 0.29) is 5.69 Å². The van der Waals surface area contributed by atoms with Gasteiger partial charge in [0.15, 0.2) is 0 Å². The van der Waals surface area contributed by atoms with Gasteiger partial charge in [0.2, 0.25) is 0 Å². The monoisotopic (exact) mass is 359 g/mol. The first-order chi connectivity index (χ1) is 13.1. The second-order valence-electron chi connectivity index (χ2n) is 6.96. The van der Waals surface area contributed by atoms with Crippen molar-refractivity contribution in [2.24, 2.45) is 0 Å². The van der Waals surface area contributed by atoms with Crippen molar-refractivity contribution < 1.29 is 4.39 Å². The van der Waals surface area contributed by atoms with Crippen molar-refractivity contribution in [1.82, 2.24) is 19.5 Å². The van der Waals surface area contributed by atoms with Crippen LogP contribution in [-0.2, 0) is 19.4 Å². The first-order valence-electron chi connectivity index (χ1n) is 8.95. The standard InChI is InChI=1S/C21H18FN5/c1-12-16-8-17(22)18(23)9-19(16)26-20(24-12)7-6-14-11-27-10-13-4-2-3-5-15(13)21(27)25-14/h2-5,8-9,11H,6-7,10,23H2,1H3. The van der Waals surface area contributed by atoms with E-state index in [1.807, 2.05) is 13.0 Å². The number of nitrogen functional groups attached to an aromatic ring is 1. The highest BCUT2D eigenvalue weighted by molar-refractivity contribution is 5.84. The lowest BCUT2D eigenvalue weighted by Gasteiger charge is -2.07. The van der Waals surface area contributed by atoms with Gasteiger partial charge >= 0.3 is 0 Å². The Bertz CT molecular complexity index is 1190. The topological polar surface area (TPSA) is 69.6 Å². The zero-order valence-electron chi connectivity index (χ0n) is 14.9. The summed E-state index contributed by atoms with van der Waals surface area (Å²) >= 11 is 0. The van der Waals surface area contributed by atoms with Gasteiger partial charge in [-0.2, -0.15) is 0 Å². The van der Waals surface area contributed by atoms with E-state index in [2.05, 4.69) is 38.9 Å². The van der Waals surface area contributed by atoms with Gasteiger partial charge in [0, 0.05) is 35.8 Å². The van der Waals surface area contributed by atoms with Crippen LogP contribution in [0.5, 0.6) is 0 Å². The lowest BCUT2D eigenvalue weighted by atomic mass is 10.1. The number of aryl methyl sites for hydroxylation is 3. The molecule has 6 heteroatoms. The Kier molecular flexibility index (Phi) is 3.47. The minimum absolute atomic E-state index is 0.107. The van der Waals surface area contributed by atoms with E-state index in [4.69, 9.17) is 10.7 Å². The molecule has 4 aromatic rings. The summed E-state index contributed by atoms with van der Waals surface area (Å²) in [6.07, 6.45) is 3.53. The van der Waals surface area contributed by atoms with Gasteiger partial charge < -0.3 is 10.3 Å². The molecule has 0 fully saturated rings. The smallest absolute Gasteiger partial charge is 0.146 e. The predicted octanol–water partition coefficient (Wildman–Crippen LogP) is 3.67. The van der Waals surface area contributed by atoms with Crippen molar-refractivity contribution >= 4 is 16.6 Å². The Labute approximate surface area is 155 Å². The van der Waals surface area contributed by atoms with Crippen molar-refractivity contribution in [1.29, 1.82) is 0 Å². The number of imidazole rings is 1. The molecule has 3 heterocycles. The molecule has 0 aliphatic carbocycles. The van der Waals surface area contributed by atoms with Gasteiger partial charge in [-0.3, -0.25) is 0 Å². The normalized spacial score (nSPS) is 12.4. The lowest BCUT2D eigenvalue weighted by Crippen LogP contribution is -2.02. The number of halogens is 1. The van der Waals surface area contributed by atoms with Crippen LogP contribution in [0.4, 0.5) is 10.1 Å². The number of benzene rings is 2. The van der Waals surface area contributed by atoms with Gasteiger partial charge in [0.05, 0.1) is 16.9 Å². The summed E-state index contributed by atoms with van der Waals surface area (Å²) in [5.74, 6) is 1.31. The highest BCUT2D eigenvalue weighted by Crippen LogP contribution is 2.31. The van der Waals surface area contributed by atoms with Crippen molar-refractivity contribution in [3.05, 3.63) is 71.2 Å². The summed E-state index contributed by atoms with van der Waals surface area (Å²) in [5.41, 5.74) is 10.8. The molecule has 5 nitrogen and oxygen atoms in total. The molecule has 134 valence electrons. The maximum absolute atomic E-state index is 13.7. The van der Waals surface area contributed by atoms with Crippen LogP contribution >= 0.6 is 0 Å². The third-order valence-corrected chi connectivity index (χ3v) is 5.08. The van der Waals surface area contributed by atoms with Crippen LogP contribution in [0.1, 0.15) is 22.8 Å². The molecule has 1 aliphatic heterocycles. The quantitative estimate of drug-likeness (QED) is 0.499. The number of hydrogen-bond acceptors (Lipinski definition) is 4. The molecule has 2 aromatic heterocycles. The van der Waals surface area contributed by atoms with E-state index >= 15 is 0 Å². The average Bonchev–Trinajstić information content (AvgIpc) is 3.19. The van der Waals surface area contributed by atoms with Crippen LogP contribution in [0, 0.1) is 12.7 Å². The Morgan fingerprint density at radius 1 is 1.11 bits per heavy atom. The van der Waals surface area contributed by atoms with E-state index in [1.54, 1.807) is 6.07 Å². The Morgan fingerprint density at radius 3 is 2.85 bits per heavy atom. The van der Waals surface area contributed by atoms with Crippen LogP contribution < -0.4 is 5.73 Å². The molecule has 0 bridgehead atoms. The molecule has 0 unspecified atom stereocenters. The molecule has 0 atom stereocenters. The van der Waals surface area contributed by atoms with Crippen molar-refractivity contribution in [2.45, 2.75) is 26.3 Å². The second-order valence-corrected chi connectivity index (χ2v) is 6.96. The minimum atomic E-state index is -0.435. The molecule has 0 spiro atoms. The van der Waals surface area contributed by atoms with E-state index in [0.29, 0.717) is 17.3 Å². The summed E-state index contributed by atoms with van der Waals surface area (Å²) in [7, 11) is 0. The molecule has 0 amide bonds. The molecule has 0 radical (unpaired) electrons. The lowest BCUT2D eigenvalue weighted by molar-refractivity contribution is 0.634. The van der Waals surface area contributed by atoms with Crippen LogP contribution in [0.3, 0.4) is 0 Å². The molecule has 0 saturated carbocycles. The number of nitrogens with zero attached hydrogens (tertiary/aromatic N) is 4. The number of nitrogens with two attached hydrogens (primary N) is 1. The summed E-state index contributed by atoms with van der Waals surface area (Å²) in [4.78, 5) is 13.9. The van der Waals surface area contributed by atoms with E-state index in [9.17, 15) is 4.39 Å². The fraction of sp³-hybridized carbons (Fsp3) is 0.190. The summed E-state index contributed by atoms with van der Waals surface area (Å²) in [6, 6.07) is 11.3. The van der Waals surface area contributed by atoms with Gasteiger partial charge in [-0.15, -0.1) is 0 Å². The van der Waals surface area contributed by atoms with E-state index < -0.39 is 5.82 Å². The first-order valence-corrected chi connectivity index (χ1v) is 8.95. The van der Waals surface area contributed by atoms with Crippen LogP contribution in [-0.4, -0.2) is 19.5 Å². The van der Waals surface area contributed by atoms with E-state index in [0.717, 1.165) is 36.0 Å². The number of aromatic nitrogens is 4. The molecule has 0 saturated heterocycles. The number of anilines is 1. The Hall–Kier alpha value is -3.28. The molecular weight excluding hydrogens is 341 g/mol. The first kappa shape index (κ1) is 15.9. The van der Waals surface area contributed by atoms with Crippen molar-refractivity contribution in [3.63, 3.8) is 0 Å². The zero-order chi connectivity index (χ0) is 18.5. The van der Waals surface area contributed by atoms with Crippen molar-refractivity contribution in [2.75, 3.05) is 5.73 Å². The highest BCUT2D eigenvalue weighted by Gasteiger charge is 2.20. The minimum Gasteiger partial charge on any atom is -0.396 e. The zero-order valence-corrected chi connectivity index (χ0v) is 14.9. The number of hydrogen-bond donors (Lipinski definition) is 1. The third kappa shape index (κ3) is 2.65. The van der Waals surface area contributed by atoms with Gasteiger partial charge in [-0.05, 0) is 31.0 Å². The predicted molar refractivity (Wildman–Crippen MR) is 103 cm³/mol. The Balaban J connectivity index is 1.41. The van der Waals surface area contributed by atoms with Crippen molar-refractivity contribution in [3.8, 4) is 11.4 Å². The summed E-state index contributed by atoms with van der Waals surface area (Å²) in [5, 5.41) is 0.697. The molecule has 2 aromatic carbocycles. The maximum Gasteiger partial charge on any atom is 0.146 e. The fourth-order valence-corrected chi connectivity index (χ4v) is 3.72. The maximum atomic E-state index is 13.7. The van der Waals surface area contributed by atoms with Crippen LogP contribution in [0.2, 0.25) is 0 Å². The van der Waals surface area contributed by atoms with E-state index in [1.165, 1.54) is 17.2 Å².